The van der Waals surface area contributed by atoms with E-state index in [2.05, 4.69) is 15.0 Å². The second-order valence-corrected chi connectivity index (χ2v) is 5.03. The molecule has 1 saturated heterocycles. The highest BCUT2D eigenvalue weighted by atomic mass is 16.5. The Kier molecular flexibility index (Phi) is 3.63. The number of amides is 1. The number of aromatic amines is 1. The highest BCUT2D eigenvalue weighted by molar-refractivity contribution is 6.43. The first-order chi connectivity index (χ1) is 9.38. The average molecular weight is 280 g/mol. The van der Waals surface area contributed by atoms with Crippen molar-refractivity contribution in [2.75, 3.05) is 20.3 Å². The van der Waals surface area contributed by atoms with Gasteiger partial charge in [-0.3, -0.25) is 9.59 Å². The van der Waals surface area contributed by atoms with Gasteiger partial charge in [-0.05, 0) is 19.4 Å². The molecule has 2 rings (SSSR count). The molecule has 0 radical (unpaired) electrons. The summed E-state index contributed by atoms with van der Waals surface area (Å²) >= 11 is 0. The summed E-state index contributed by atoms with van der Waals surface area (Å²) in [6.45, 7) is 4.14. The molecule has 1 fully saturated rings. The van der Waals surface area contributed by atoms with Crippen LogP contribution in [0.1, 0.15) is 33.3 Å². The van der Waals surface area contributed by atoms with Crippen LogP contribution in [0.25, 0.3) is 0 Å². The third-order valence-corrected chi connectivity index (χ3v) is 3.24. The van der Waals surface area contributed by atoms with Gasteiger partial charge >= 0.3 is 5.97 Å². The van der Waals surface area contributed by atoms with Crippen LogP contribution in [0.3, 0.4) is 0 Å². The molecule has 0 aromatic carbocycles. The monoisotopic (exact) mass is 280 g/mol. The quantitative estimate of drug-likeness (QED) is 0.466. The van der Waals surface area contributed by atoms with E-state index in [1.165, 1.54) is 13.3 Å². The lowest BCUT2D eigenvalue weighted by atomic mass is 9.99. The van der Waals surface area contributed by atoms with Crippen LogP contribution < -0.4 is 5.32 Å². The van der Waals surface area contributed by atoms with Crippen molar-refractivity contribution in [1.82, 2.24) is 10.3 Å². The number of hydrogen-bond acceptors (Lipinski definition) is 5. The maximum Gasteiger partial charge on any atom is 0.354 e. The fourth-order valence-electron chi connectivity index (χ4n) is 1.98. The highest BCUT2D eigenvalue weighted by Gasteiger charge is 2.37. The SMILES string of the molecule is COC(=O)c1[nH]cc(C(=O)C(=O)NC2(C)COC2)c1C. The third-order valence-electron chi connectivity index (χ3n) is 3.24. The lowest BCUT2D eigenvalue weighted by Crippen LogP contribution is -2.61. The molecule has 1 aliphatic heterocycles. The van der Waals surface area contributed by atoms with Gasteiger partial charge < -0.3 is 19.8 Å². The molecule has 2 N–H and O–H groups in total. The lowest BCUT2D eigenvalue weighted by Gasteiger charge is -2.38. The van der Waals surface area contributed by atoms with Crippen LogP contribution in [0.5, 0.6) is 0 Å². The number of methoxy groups -OCH3 is 1. The fraction of sp³-hybridized carbons (Fsp3) is 0.462. The van der Waals surface area contributed by atoms with Gasteiger partial charge in [0.25, 0.3) is 11.7 Å². The van der Waals surface area contributed by atoms with Crippen molar-refractivity contribution < 1.29 is 23.9 Å². The van der Waals surface area contributed by atoms with Crippen LogP contribution in [-0.2, 0) is 14.3 Å². The van der Waals surface area contributed by atoms with Gasteiger partial charge in [0.05, 0.1) is 25.9 Å². The third kappa shape index (κ3) is 2.44. The number of hydrogen-bond donors (Lipinski definition) is 2. The number of aromatic nitrogens is 1. The first-order valence-electron chi connectivity index (χ1n) is 6.09. The minimum Gasteiger partial charge on any atom is -0.464 e. The predicted molar refractivity (Wildman–Crippen MR) is 68.6 cm³/mol. The van der Waals surface area contributed by atoms with Gasteiger partial charge in [0, 0.05) is 11.8 Å². The number of Topliss-reactive ketones (excluding diaryl/α,β-unsaturated/α-hetero) is 1. The molecule has 7 heteroatoms. The zero-order chi connectivity index (χ0) is 14.9. The molecule has 0 unspecified atom stereocenters. The highest BCUT2D eigenvalue weighted by Crippen LogP contribution is 2.18. The Morgan fingerprint density at radius 2 is 2.05 bits per heavy atom. The first-order valence-corrected chi connectivity index (χ1v) is 6.09. The van der Waals surface area contributed by atoms with Crippen LogP contribution in [0, 0.1) is 6.92 Å². The minimum atomic E-state index is -0.714. The van der Waals surface area contributed by atoms with E-state index in [0.29, 0.717) is 18.8 Å². The molecule has 1 aromatic rings. The predicted octanol–water partition coefficient (Wildman–Crippen LogP) is 0.198. The number of carbonyl (C=O) groups is 3. The zero-order valence-corrected chi connectivity index (χ0v) is 11.5. The maximum atomic E-state index is 12.1. The van der Waals surface area contributed by atoms with Gasteiger partial charge in [-0.1, -0.05) is 0 Å². The van der Waals surface area contributed by atoms with Crippen LogP contribution in [0.15, 0.2) is 6.20 Å². The molecule has 0 bridgehead atoms. The lowest BCUT2D eigenvalue weighted by molar-refractivity contribution is -0.126. The van der Waals surface area contributed by atoms with Gasteiger partial charge in [-0.25, -0.2) is 4.79 Å². The Labute approximate surface area is 115 Å². The molecule has 7 nitrogen and oxygen atoms in total. The number of nitrogens with one attached hydrogen (secondary N) is 2. The second kappa shape index (κ2) is 5.09. The van der Waals surface area contributed by atoms with Crippen LogP contribution in [0.2, 0.25) is 0 Å². The standard InChI is InChI=1S/C13H16N2O5/c1-7-8(4-14-9(7)12(18)19-3)10(16)11(17)15-13(2)5-20-6-13/h4,14H,5-6H2,1-3H3,(H,15,17). The van der Waals surface area contributed by atoms with E-state index in [1.807, 2.05) is 0 Å². The molecular weight excluding hydrogens is 264 g/mol. The number of carbonyl (C=O) groups excluding carboxylic acids is 3. The molecule has 1 aliphatic rings. The van der Waals surface area contributed by atoms with Crippen molar-refractivity contribution in [2.24, 2.45) is 0 Å². The van der Waals surface area contributed by atoms with Gasteiger partial charge in [0.15, 0.2) is 0 Å². The molecule has 0 atom stereocenters. The summed E-state index contributed by atoms with van der Waals surface area (Å²) in [5.74, 6) is -1.99. The average Bonchev–Trinajstić information content (AvgIpc) is 2.76. The fourth-order valence-corrected chi connectivity index (χ4v) is 1.98. The smallest absolute Gasteiger partial charge is 0.354 e. The number of esters is 1. The second-order valence-electron chi connectivity index (χ2n) is 5.03. The minimum absolute atomic E-state index is 0.159. The Morgan fingerprint density at radius 1 is 1.40 bits per heavy atom. The van der Waals surface area contributed by atoms with Crippen molar-refractivity contribution >= 4 is 17.7 Å². The zero-order valence-electron chi connectivity index (χ0n) is 11.5. The van der Waals surface area contributed by atoms with E-state index >= 15 is 0 Å². The van der Waals surface area contributed by atoms with Crippen LogP contribution in [-0.4, -0.2) is 48.5 Å². The first kappa shape index (κ1) is 14.3. The van der Waals surface area contributed by atoms with Gasteiger partial charge in [0.1, 0.15) is 5.69 Å². The molecule has 0 aliphatic carbocycles. The summed E-state index contributed by atoms with van der Waals surface area (Å²) in [6.07, 6.45) is 1.34. The Balaban J connectivity index is 2.15. The summed E-state index contributed by atoms with van der Waals surface area (Å²) in [7, 11) is 1.24. The molecule has 108 valence electrons. The van der Waals surface area contributed by atoms with Gasteiger partial charge in [0.2, 0.25) is 0 Å². The van der Waals surface area contributed by atoms with Crippen molar-refractivity contribution in [3.05, 3.63) is 23.0 Å². The Bertz CT molecular complexity index is 571. The maximum absolute atomic E-state index is 12.1. The van der Waals surface area contributed by atoms with E-state index in [0.717, 1.165) is 0 Å². The van der Waals surface area contributed by atoms with Crippen molar-refractivity contribution in [2.45, 2.75) is 19.4 Å². The topological polar surface area (TPSA) is 97.5 Å². The van der Waals surface area contributed by atoms with E-state index in [1.54, 1.807) is 13.8 Å². The molecule has 0 spiro atoms. The molecule has 0 saturated carbocycles. The number of H-pyrrole nitrogens is 1. The number of rotatable bonds is 4. The largest absolute Gasteiger partial charge is 0.464 e. The summed E-state index contributed by atoms with van der Waals surface area (Å²) < 4.78 is 9.58. The number of ether oxygens (including phenoxy) is 2. The summed E-state index contributed by atoms with van der Waals surface area (Å²) in [5.41, 5.74) is 0.225. The van der Waals surface area contributed by atoms with Crippen LogP contribution >= 0.6 is 0 Å². The van der Waals surface area contributed by atoms with Crippen molar-refractivity contribution in [3.8, 4) is 0 Å². The Hall–Kier alpha value is -2.15. The normalized spacial score (nSPS) is 16.1. The van der Waals surface area contributed by atoms with Crippen molar-refractivity contribution in [3.63, 3.8) is 0 Å². The van der Waals surface area contributed by atoms with Crippen LogP contribution in [0.4, 0.5) is 0 Å². The summed E-state index contributed by atoms with van der Waals surface area (Å²) in [5, 5.41) is 2.63. The molecule has 2 heterocycles. The molecule has 1 amide bonds. The summed E-state index contributed by atoms with van der Waals surface area (Å²) in [6, 6.07) is 0. The molecular formula is C13H16N2O5. The molecule has 20 heavy (non-hydrogen) atoms. The van der Waals surface area contributed by atoms with E-state index in [-0.39, 0.29) is 11.3 Å². The van der Waals surface area contributed by atoms with Gasteiger partial charge in [-0.2, -0.15) is 0 Å². The molecule has 1 aromatic heterocycles. The van der Waals surface area contributed by atoms with E-state index < -0.39 is 23.2 Å². The van der Waals surface area contributed by atoms with E-state index in [9.17, 15) is 14.4 Å². The Morgan fingerprint density at radius 3 is 2.55 bits per heavy atom. The van der Waals surface area contributed by atoms with E-state index in [4.69, 9.17) is 4.74 Å². The van der Waals surface area contributed by atoms with Gasteiger partial charge in [-0.15, -0.1) is 0 Å². The summed E-state index contributed by atoms with van der Waals surface area (Å²) in [4.78, 5) is 38.1. The number of ketones is 1. The van der Waals surface area contributed by atoms with Crippen molar-refractivity contribution in [1.29, 1.82) is 0 Å².